The van der Waals surface area contributed by atoms with Crippen LogP contribution < -0.4 is 11.1 Å². The SMILES string of the molecule is Nc1c(C(=O)O)ccnc1NCC1(C2CC2)CC1. The minimum absolute atomic E-state index is 0.115. The zero-order valence-electron chi connectivity index (χ0n) is 10.1. The van der Waals surface area contributed by atoms with Crippen LogP contribution in [0.15, 0.2) is 12.3 Å². The first kappa shape index (κ1) is 11.3. The normalized spacial score (nSPS) is 20.4. The summed E-state index contributed by atoms with van der Waals surface area (Å²) in [4.78, 5) is 15.1. The van der Waals surface area contributed by atoms with Crippen molar-refractivity contribution in [3.63, 3.8) is 0 Å². The predicted octanol–water partition coefficient (Wildman–Crippen LogP) is 1.96. The lowest BCUT2D eigenvalue weighted by Gasteiger charge is -2.16. The summed E-state index contributed by atoms with van der Waals surface area (Å²) >= 11 is 0. The van der Waals surface area contributed by atoms with Crippen LogP contribution in [0, 0.1) is 11.3 Å². The van der Waals surface area contributed by atoms with Crippen molar-refractivity contribution in [3.05, 3.63) is 17.8 Å². The average Bonchev–Trinajstić information content (AvgIpc) is 3.19. The summed E-state index contributed by atoms with van der Waals surface area (Å²) in [7, 11) is 0. The van der Waals surface area contributed by atoms with Crippen LogP contribution >= 0.6 is 0 Å². The number of carboxylic acid groups (broad SMARTS) is 1. The molecular formula is C13H17N3O2. The Balaban J connectivity index is 1.72. The van der Waals surface area contributed by atoms with Crippen LogP contribution in [0.5, 0.6) is 0 Å². The lowest BCUT2D eigenvalue weighted by atomic mass is 10.0. The topological polar surface area (TPSA) is 88.2 Å². The summed E-state index contributed by atoms with van der Waals surface area (Å²) in [6.45, 7) is 0.859. The number of aromatic nitrogens is 1. The van der Waals surface area contributed by atoms with E-state index in [9.17, 15) is 4.79 Å². The third-order valence-corrected chi connectivity index (χ3v) is 4.16. The summed E-state index contributed by atoms with van der Waals surface area (Å²) in [6.07, 6.45) is 6.69. The number of hydrogen-bond acceptors (Lipinski definition) is 4. The van der Waals surface area contributed by atoms with Gasteiger partial charge in [-0.3, -0.25) is 0 Å². The lowest BCUT2D eigenvalue weighted by molar-refractivity contribution is 0.0698. The van der Waals surface area contributed by atoms with Crippen molar-refractivity contribution in [3.8, 4) is 0 Å². The third-order valence-electron chi connectivity index (χ3n) is 4.16. The summed E-state index contributed by atoms with van der Waals surface area (Å²) in [5.41, 5.74) is 6.61. The Morgan fingerprint density at radius 1 is 1.56 bits per heavy atom. The van der Waals surface area contributed by atoms with Gasteiger partial charge in [0, 0.05) is 12.7 Å². The van der Waals surface area contributed by atoms with E-state index in [1.807, 2.05) is 0 Å². The Morgan fingerprint density at radius 2 is 2.28 bits per heavy atom. The molecule has 2 aliphatic rings. The van der Waals surface area contributed by atoms with E-state index in [1.165, 1.54) is 37.9 Å². The summed E-state index contributed by atoms with van der Waals surface area (Å²) < 4.78 is 0. The molecule has 0 amide bonds. The van der Waals surface area contributed by atoms with Gasteiger partial charge >= 0.3 is 5.97 Å². The second-order valence-corrected chi connectivity index (χ2v) is 5.42. The summed E-state index contributed by atoms with van der Waals surface area (Å²) in [5.74, 6) is 0.344. The smallest absolute Gasteiger partial charge is 0.337 e. The highest BCUT2D eigenvalue weighted by molar-refractivity contribution is 5.96. The molecule has 0 atom stereocenters. The summed E-state index contributed by atoms with van der Waals surface area (Å²) in [5, 5.41) is 12.2. The highest BCUT2D eigenvalue weighted by Gasteiger charge is 2.53. The molecule has 2 saturated carbocycles. The number of aromatic carboxylic acids is 1. The fraction of sp³-hybridized carbons (Fsp3) is 0.538. The van der Waals surface area contributed by atoms with Crippen molar-refractivity contribution in [1.82, 2.24) is 4.98 Å². The highest BCUT2D eigenvalue weighted by Crippen LogP contribution is 2.61. The maximum absolute atomic E-state index is 11.0. The Morgan fingerprint density at radius 3 is 2.83 bits per heavy atom. The van der Waals surface area contributed by atoms with Crippen LogP contribution in [-0.2, 0) is 0 Å². The Kier molecular flexibility index (Phi) is 2.43. The van der Waals surface area contributed by atoms with Crippen molar-refractivity contribution in [2.45, 2.75) is 25.7 Å². The molecule has 0 spiro atoms. The van der Waals surface area contributed by atoms with E-state index < -0.39 is 5.97 Å². The Bertz CT molecular complexity index is 493. The van der Waals surface area contributed by atoms with Crippen molar-refractivity contribution in [2.75, 3.05) is 17.6 Å². The first-order chi connectivity index (χ1) is 8.62. The largest absolute Gasteiger partial charge is 0.478 e. The van der Waals surface area contributed by atoms with E-state index in [-0.39, 0.29) is 11.3 Å². The number of nitrogens with two attached hydrogens (primary N) is 1. The number of nitrogen functional groups attached to an aromatic ring is 1. The second kappa shape index (κ2) is 3.86. The van der Waals surface area contributed by atoms with E-state index in [0.29, 0.717) is 11.2 Å². The molecule has 1 heterocycles. The quantitative estimate of drug-likeness (QED) is 0.740. The van der Waals surface area contributed by atoms with Gasteiger partial charge in [-0.25, -0.2) is 9.78 Å². The lowest BCUT2D eigenvalue weighted by Crippen LogP contribution is -2.19. The first-order valence-corrected chi connectivity index (χ1v) is 6.34. The molecule has 0 saturated heterocycles. The third kappa shape index (κ3) is 1.89. The Hall–Kier alpha value is -1.78. The van der Waals surface area contributed by atoms with E-state index in [2.05, 4.69) is 10.3 Å². The molecule has 96 valence electrons. The van der Waals surface area contributed by atoms with Crippen LogP contribution in [0.1, 0.15) is 36.0 Å². The van der Waals surface area contributed by atoms with Crippen molar-refractivity contribution in [1.29, 1.82) is 0 Å². The van der Waals surface area contributed by atoms with Crippen LogP contribution in [-0.4, -0.2) is 22.6 Å². The Labute approximate surface area is 105 Å². The average molecular weight is 247 g/mol. The molecule has 1 aromatic rings. The molecule has 0 bridgehead atoms. The highest BCUT2D eigenvalue weighted by atomic mass is 16.4. The number of rotatable bonds is 5. The number of carboxylic acids is 1. The zero-order chi connectivity index (χ0) is 12.8. The van der Waals surface area contributed by atoms with Gasteiger partial charge in [-0.05, 0) is 43.1 Å². The molecule has 3 rings (SSSR count). The molecule has 0 aromatic carbocycles. The first-order valence-electron chi connectivity index (χ1n) is 6.34. The number of nitrogens with zero attached hydrogens (tertiary/aromatic N) is 1. The van der Waals surface area contributed by atoms with Gasteiger partial charge in [0.05, 0.1) is 11.3 Å². The fourth-order valence-electron chi connectivity index (χ4n) is 2.65. The minimum Gasteiger partial charge on any atom is -0.478 e. The minimum atomic E-state index is -1.01. The van der Waals surface area contributed by atoms with Crippen molar-refractivity contribution in [2.24, 2.45) is 11.3 Å². The van der Waals surface area contributed by atoms with E-state index in [1.54, 1.807) is 0 Å². The van der Waals surface area contributed by atoms with Crippen LogP contribution in [0.3, 0.4) is 0 Å². The second-order valence-electron chi connectivity index (χ2n) is 5.42. The van der Waals surface area contributed by atoms with Gasteiger partial charge in [0.2, 0.25) is 0 Å². The molecule has 18 heavy (non-hydrogen) atoms. The van der Waals surface area contributed by atoms with E-state index in [4.69, 9.17) is 10.8 Å². The molecule has 1 aromatic heterocycles. The van der Waals surface area contributed by atoms with Gasteiger partial charge in [0.25, 0.3) is 0 Å². The van der Waals surface area contributed by atoms with E-state index in [0.717, 1.165) is 12.5 Å². The predicted molar refractivity (Wildman–Crippen MR) is 68.5 cm³/mol. The molecule has 4 N–H and O–H groups in total. The number of pyridine rings is 1. The van der Waals surface area contributed by atoms with Crippen LogP contribution in [0.2, 0.25) is 0 Å². The van der Waals surface area contributed by atoms with Gasteiger partial charge in [-0.2, -0.15) is 0 Å². The molecule has 0 radical (unpaired) electrons. The zero-order valence-corrected chi connectivity index (χ0v) is 10.1. The van der Waals surface area contributed by atoms with Gasteiger partial charge < -0.3 is 16.2 Å². The molecule has 0 aliphatic heterocycles. The molecule has 5 heteroatoms. The molecule has 5 nitrogen and oxygen atoms in total. The number of hydrogen-bond donors (Lipinski definition) is 3. The van der Waals surface area contributed by atoms with Gasteiger partial charge in [-0.15, -0.1) is 0 Å². The van der Waals surface area contributed by atoms with Gasteiger partial charge in [-0.1, -0.05) is 0 Å². The number of carbonyl (C=O) groups is 1. The van der Waals surface area contributed by atoms with Crippen molar-refractivity contribution < 1.29 is 9.90 Å². The number of anilines is 2. The standard InChI is InChI=1S/C13H17N3O2/c14-10-9(12(17)18)3-6-15-11(10)16-7-13(4-5-13)8-1-2-8/h3,6,8H,1-2,4-5,7,14H2,(H,15,16)(H,17,18). The fourth-order valence-corrected chi connectivity index (χ4v) is 2.65. The summed E-state index contributed by atoms with van der Waals surface area (Å²) in [6, 6.07) is 1.43. The van der Waals surface area contributed by atoms with Crippen LogP contribution in [0.4, 0.5) is 11.5 Å². The molecule has 2 aliphatic carbocycles. The molecule has 2 fully saturated rings. The maximum atomic E-state index is 11.0. The van der Waals surface area contributed by atoms with Crippen LogP contribution in [0.25, 0.3) is 0 Å². The van der Waals surface area contributed by atoms with E-state index >= 15 is 0 Å². The molecule has 0 unspecified atom stereocenters. The number of nitrogens with one attached hydrogen (secondary N) is 1. The maximum Gasteiger partial charge on any atom is 0.337 e. The van der Waals surface area contributed by atoms with Gasteiger partial charge in [0.15, 0.2) is 0 Å². The van der Waals surface area contributed by atoms with Crippen molar-refractivity contribution >= 4 is 17.5 Å². The molecular weight excluding hydrogens is 230 g/mol. The van der Waals surface area contributed by atoms with Gasteiger partial charge in [0.1, 0.15) is 5.82 Å². The monoisotopic (exact) mass is 247 g/mol.